The van der Waals surface area contributed by atoms with Crippen molar-refractivity contribution in [3.8, 4) is 11.8 Å². The zero-order chi connectivity index (χ0) is 29.7. The zero-order valence-corrected chi connectivity index (χ0v) is 24.6. The quantitative estimate of drug-likeness (QED) is 0.151. The van der Waals surface area contributed by atoms with E-state index in [1.54, 1.807) is 25.5 Å². The Morgan fingerprint density at radius 1 is 1.07 bits per heavy atom. The van der Waals surface area contributed by atoms with Crippen LogP contribution in [0.25, 0.3) is 11.0 Å². The summed E-state index contributed by atoms with van der Waals surface area (Å²) in [5, 5.41) is 29.1. The number of fused-ring (bicyclic) bond motifs is 1. The van der Waals surface area contributed by atoms with E-state index in [-0.39, 0.29) is 23.0 Å². The van der Waals surface area contributed by atoms with Gasteiger partial charge < -0.3 is 25.2 Å². The number of aromatic nitrogens is 4. The van der Waals surface area contributed by atoms with Crippen molar-refractivity contribution in [1.82, 2.24) is 24.8 Å². The first-order valence-corrected chi connectivity index (χ1v) is 14.8. The van der Waals surface area contributed by atoms with Crippen LogP contribution in [0.4, 0.5) is 34.5 Å². The van der Waals surface area contributed by atoms with Gasteiger partial charge in [0.25, 0.3) is 5.69 Å². The number of nitrogens with one attached hydrogen (secondary N) is 2. The molecule has 2 heterocycles. The molecule has 4 rings (SSSR count). The average molecular weight is 575 g/mol. The number of hydrogen-bond acceptors (Lipinski definition) is 12. The van der Waals surface area contributed by atoms with E-state index in [1.165, 1.54) is 19.4 Å². The van der Waals surface area contributed by atoms with Crippen molar-refractivity contribution in [3.63, 3.8) is 0 Å². The van der Waals surface area contributed by atoms with Gasteiger partial charge in [-0.05, 0) is 39.6 Å². The van der Waals surface area contributed by atoms with Gasteiger partial charge in [0, 0.05) is 55.7 Å². The minimum absolute atomic E-state index is 0.0947. The van der Waals surface area contributed by atoms with Gasteiger partial charge in [0.05, 0.1) is 35.0 Å². The Morgan fingerprint density at radius 2 is 1.83 bits per heavy atom. The van der Waals surface area contributed by atoms with Gasteiger partial charge in [0.1, 0.15) is 23.1 Å². The topological polar surface area (TPSA) is 158 Å². The van der Waals surface area contributed by atoms with Gasteiger partial charge in [-0.1, -0.05) is 7.92 Å². The van der Waals surface area contributed by atoms with Crippen LogP contribution < -0.4 is 25.6 Å². The highest BCUT2D eigenvalue weighted by Crippen LogP contribution is 2.39. The molecule has 14 heteroatoms. The number of benzene rings is 2. The number of rotatable bonds is 11. The summed E-state index contributed by atoms with van der Waals surface area (Å²) in [6, 6.07) is 8.89. The number of methoxy groups -OCH3 is 1. The molecule has 0 spiro atoms. The van der Waals surface area contributed by atoms with E-state index in [2.05, 4.69) is 50.0 Å². The van der Waals surface area contributed by atoms with Gasteiger partial charge in [-0.25, -0.2) is 4.98 Å². The molecule has 4 aromatic rings. The summed E-state index contributed by atoms with van der Waals surface area (Å²) in [5.41, 5.74) is 3.19. The Balaban J connectivity index is 1.72. The van der Waals surface area contributed by atoms with E-state index in [4.69, 9.17) is 4.74 Å². The van der Waals surface area contributed by atoms with Crippen LogP contribution in [0.15, 0.2) is 42.9 Å². The summed E-state index contributed by atoms with van der Waals surface area (Å²) < 4.78 is 5.57. The molecule has 0 saturated heterocycles. The van der Waals surface area contributed by atoms with Crippen molar-refractivity contribution in [3.05, 3.63) is 58.5 Å². The van der Waals surface area contributed by atoms with Crippen molar-refractivity contribution < 1.29 is 9.66 Å². The molecule has 0 unspecified atom stereocenters. The summed E-state index contributed by atoms with van der Waals surface area (Å²) in [7, 11) is 6.56. The number of hydrogen-bond donors (Lipinski definition) is 2. The molecule has 41 heavy (non-hydrogen) atoms. The van der Waals surface area contributed by atoms with Crippen LogP contribution in [-0.4, -0.2) is 84.4 Å². The van der Waals surface area contributed by atoms with Crippen molar-refractivity contribution >= 4 is 58.8 Å². The summed E-state index contributed by atoms with van der Waals surface area (Å²) >= 11 is 0. The lowest BCUT2D eigenvalue weighted by Gasteiger charge is -2.23. The maximum absolute atomic E-state index is 12.0. The smallest absolute Gasteiger partial charge is 0.294 e. The first-order chi connectivity index (χ1) is 19.6. The summed E-state index contributed by atoms with van der Waals surface area (Å²) in [6.07, 6.45) is 4.69. The van der Waals surface area contributed by atoms with Crippen LogP contribution >= 0.6 is 7.92 Å². The number of anilines is 5. The van der Waals surface area contributed by atoms with Crippen LogP contribution in [0.5, 0.6) is 5.75 Å². The number of likely N-dealkylation sites (N-methyl/N-ethyl adjacent to an activating group) is 2. The summed E-state index contributed by atoms with van der Waals surface area (Å²) in [5.74, 6) is 0.785. The van der Waals surface area contributed by atoms with E-state index < -0.39 is 12.8 Å². The van der Waals surface area contributed by atoms with Gasteiger partial charge in [0.15, 0.2) is 5.82 Å². The highest BCUT2D eigenvalue weighted by Gasteiger charge is 2.23. The zero-order valence-electron chi connectivity index (χ0n) is 23.7. The SMILES string of the molecule is COc1cc(N(C)CCN(C)C)c([N+](=O)[O-])cc1Nc1ncc(C#N)c(Nc2ccc3nccnc3c2P(C)C)n1. The number of nitriles is 1. The molecule has 0 aliphatic rings. The van der Waals surface area contributed by atoms with E-state index >= 15 is 0 Å². The molecule has 0 fully saturated rings. The molecule has 0 bridgehead atoms. The minimum Gasteiger partial charge on any atom is -0.494 e. The van der Waals surface area contributed by atoms with Crippen molar-refractivity contribution in [2.45, 2.75) is 0 Å². The predicted molar refractivity (Wildman–Crippen MR) is 163 cm³/mol. The molecule has 212 valence electrons. The molecular weight excluding hydrogens is 543 g/mol. The van der Waals surface area contributed by atoms with Crippen LogP contribution in [0.3, 0.4) is 0 Å². The number of nitro benzene ring substituents is 1. The Kier molecular flexibility index (Phi) is 9.07. The second-order valence-electron chi connectivity index (χ2n) is 9.62. The standard InChI is InChI=1S/C27H31N10O3P/c1-35(2)11-12-36(3)21-14-23(40-4)20(13-22(21)37(38)39)33-27-31-16-17(15-28)26(34-27)32-19-8-7-18-24(25(19)41(5)6)30-10-9-29-18/h7-10,13-14,16H,11-12H2,1-6H3,(H2,31,32,33,34). The van der Waals surface area contributed by atoms with E-state index in [1.807, 2.05) is 36.0 Å². The molecule has 2 aromatic heterocycles. The van der Waals surface area contributed by atoms with Crippen LogP contribution in [0, 0.1) is 21.4 Å². The van der Waals surface area contributed by atoms with Crippen LogP contribution in [0.1, 0.15) is 5.56 Å². The predicted octanol–water partition coefficient (Wildman–Crippen LogP) is 4.06. The fraction of sp³-hybridized carbons (Fsp3) is 0.296. The lowest BCUT2D eigenvalue weighted by molar-refractivity contribution is -0.384. The number of nitro groups is 1. The third-order valence-corrected chi connectivity index (χ3v) is 7.60. The Morgan fingerprint density at radius 3 is 2.49 bits per heavy atom. The van der Waals surface area contributed by atoms with E-state index in [9.17, 15) is 15.4 Å². The Bertz CT molecular complexity index is 1620. The molecule has 0 atom stereocenters. The maximum Gasteiger partial charge on any atom is 0.294 e. The van der Waals surface area contributed by atoms with Gasteiger partial charge in [-0.15, -0.1) is 0 Å². The van der Waals surface area contributed by atoms with Crippen LogP contribution in [0.2, 0.25) is 0 Å². The van der Waals surface area contributed by atoms with Crippen molar-refractivity contribution in [1.29, 1.82) is 5.26 Å². The first-order valence-electron chi connectivity index (χ1n) is 12.6. The van der Waals surface area contributed by atoms with Gasteiger partial charge >= 0.3 is 0 Å². The molecule has 0 aliphatic carbocycles. The highest BCUT2D eigenvalue weighted by atomic mass is 31.1. The Hall–Kier alpha value is -4.66. The third kappa shape index (κ3) is 6.57. The number of nitrogens with zero attached hydrogens (tertiary/aromatic N) is 8. The molecule has 0 amide bonds. The van der Waals surface area contributed by atoms with Crippen LogP contribution in [-0.2, 0) is 0 Å². The molecule has 0 saturated carbocycles. The molecule has 13 nitrogen and oxygen atoms in total. The fourth-order valence-corrected chi connectivity index (χ4v) is 5.40. The molecular formula is C27H31N10O3P. The summed E-state index contributed by atoms with van der Waals surface area (Å²) in [4.78, 5) is 33.1. The van der Waals surface area contributed by atoms with E-state index in [0.717, 1.165) is 22.0 Å². The average Bonchev–Trinajstić information content (AvgIpc) is 2.95. The van der Waals surface area contributed by atoms with E-state index in [0.29, 0.717) is 30.2 Å². The third-order valence-electron chi connectivity index (χ3n) is 6.26. The second kappa shape index (κ2) is 12.7. The molecule has 2 N–H and O–H groups in total. The largest absolute Gasteiger partial charge is 0.494 e. The molecule has 2 aromatic carbocycles. The maximum atomic E-state index is 12.0. The monoisotopic (exact) mass is 574 g/mol. The lowest BCUT2D eigenvalue weighted by Crippen LogP contribution is -2.29. The normalized spacial score (nSPS) is 11.0. The van der Waals surface area contributed by atoms with Gasteiger partial charge in [0.2, 0.25) is 5.95 Å². The fourth-order valence-electron chi connectivity index (χ4n) is 4.19. The van der Waals surface area contributed by atoms with Crippen molar-refractivity contribution in [2.75, 3.05) is 70.2 Å². The van der Waals surface area contributed by atoms with Gasteiger partial charge in [-0.2, -0.15) is 10.2 Å². The van der Waals surface area contributed by atoms with Crippen molar-refractivity contribution in [2.24, 2.45) is 0 Å². The summed E-state index contributed by atoms with van der Waals surface area (Å²) in [6.45, 7) is 5.53. The molecule has 0 aliphatic heterocycles. The lowest BCUT2D eigenvalue weighted by atomic mass is 10.2. The van der Waals surface area contributed by atoms with Gasteiger partial charge in [-0.3, -0.25) is 20.1 Å². The first kappa shape index (κ1) is 29.3. The highest BCUT2D eigenvalue weighted by molar-refractivity contribution is 7.65. The number of ether oxygens (including phenoxy) is 1. The molecule has 0 radical (unpaired) electrons. The Labute approximate surface area is 239 Å². The second-order valence-corrected chi connectivity index (χ2v) is 11.9. The minimum atomic E-state index is -0.600.